The van der Waals surface area contributed by atoms with Crippen LogP contribution in [-0.2, 0) is 11.3 Å². The number of rotatable bonds is 10. The molecule has 0 radical (unpaired) electrons. The van der Waals surface area contributed by atoms with Crippen LogP contribution in [0.5, 0.6) is 0 Å². The Labute approximate surface area is 126 Å². The zero-order valence-electron chi connectivity index (χ0n) is 12.2. The number of unbranched alkanes of at least 4 members (excludes halogenated alkanes) is 5. The highest BCUT2D eigenvalue weighted by Crippen LogP contribution is 2.25. The summed E-state index contributed by atoms with van der Waals surface area (Å²) in [5.41, 5.74) is 2.39. The normalized spacial score (nSPS) is 10.7. The van der Waals surface area contributed by atoms with Gasteiger partial charge in [-0.25, -0.2) is 0 Å². The van der Waals surface area contributed by atoms with E-state index in [1.807, 2.05) is 0 Å². The molecule has 0 aliphatic heterocycles. The molecule has 0 saturated heterocycles. The second-order valence-electron chi connectivity index (χ2n) is 4.89. The molecule has 3 heteroatoms. The molecule has 0 amide bonds. The largest absolute Gasteiger partial charge is 0.385 e. The lowest BCUT2D eigenvalue weighted by Crippen LogP contribution is -2.05. The average molecular weight is 328 g/mol. The summed E-state index contributed by atoms with van der Waals surface area (Å²) in [6.07, 6.45) is 7.98. The Bertz CT molecular complexity index is 355. The van der Waals surface area contributed by atoms with Crippen molar-refractivity contribution in [2.24, 2.45) is 0 Å². The Morgan fingerprint density at radius 3 is 2.58 bits per heavy atom. The van der Waals surface area contributed by atoms with Crippen LogP contribution < -0.4 is 5.32 Å². The second-order valence-corrected chi connectivity index (χ2v) is 5.75. The second kappa shape index (κ2) is 10.3. The first-order valence-corrected chi connectivity index (χ1v) is 8.09. The first-order valence-electron chi connectivity index (χ1n) is 7.29. The van der Waals surface area contributed by atoms with Crippen molar-refractivity contribution in [3.05, 3.63) is 28.2 Å². The summed E-state index contributed by atoms with van der Waals surface area (Å²) in [6, 6.07) is 6.24. The van der Waals surface area contributed by atoms with Gasteiger partial charge in [0.05, 0.1) is 6.61 Å². The molecule has 0 saturated carbocycles. The third-order valence-corrected chi connectivity index (χ3v) is 4.00. The molecule has 2 nitrogen and oxygen atoms in total. The smallest absolute Gasteiger partial charge is 0.0744 e. The Morgan fingerprint density at radius 2 is 1.84 bits per heavy atom. The standard InChI is InChI=1S/C16H26BrNO/c1-3-4-5-6-7-8-12-18-16-11-9-10-15(17)14(16)13-19-2/h9-11,18H,3-8,12-13H2,1-2H3. The quantitative estimate of drug-likeness (QED) is 0.583. The summed E-state index contributed by atoms with van der Waals surface area (Å²) in [6.45, 7) is 3.94. The zero-order valence-corrected chi connectivity index (χ0v) is 13.8. The van der Waals surface area contributed by atoms with Crippen LogP contribution in [0.25, 0.3) is 0 Å². The Hall–Kier alpha value is -0.540. The van der Waals surface area contributed by atoms with E-state index in [-0.39, 0.29) is 0 Å². The van der Waals surface area contributed by atoms with Crippen LogP contribution in [0.15, 0.2) is 22.7 Å². The first kappa shape index (κ1) is 16.5. The van der Waals surface area contributed by atoms with Crippen molar-refractivity contribution in [2.75, 3.05) is 19.0 Å². The topological polar surface area (TPSA) is 21.3 Å². The van der Waals surface area contributed by atoms with Gasteiger partial charge in [-0.15, -0.1) is 0 Å². The summed E-state index contributed by atoms with van der Waals surface area (Å²) in [7, 11) is 1.73. The molecule has 1 aromatic rings. The summed E-state index contributed by atoms with van der Waals surface area (Å²) in [4.78, 5) is 0. The fourth-order valence-corrected chi connectivity index (χ4v) is 2.62. The number of hydrogen-bond acceptors (Lipinski definition) is 2. The van der Waals surface area contributed by atoms with E-state index in [2.05, 4.69) is 46.4 Å². The van der Waals surface area contributed by atoms with E-state index in [1.165, 1.54) is 49.8 Å². The highest BCUT2D eigenvalue weighted by Gasteiger charge is 2.05. The van der Waals surface area contributed by atoms with Crippen molar-refractivity contribution < 1.29 is 4.74 Å². The predicted octanol–water partition coefficient (Wildman–Crippen LogP) is 5.37. The Balaban J connectivity index is 2.30. The number of nitrogens with one attached hydrogen (secondary N) is 1. The average Bonchev–Trinajstić information content (AvgIpc) is 2.41. The number of anilines is 1. The van der Waals surface area contributed by atoms with Gasteiger partial charge >= 0.3 is 0 Å². The molecule has 0 heterocycles. The van der Waals surface area contributed by atoms with Gasteiger partial charge in [0.2, 0.25) is 0 Å². The number of halogens is 1. The summed E-state index contributed by atoms with van der Waals surface area (Å²) in [5.74, 6) is 0. The molecule has 0 fully saturated rings. The van der Waals surface area contributed by atoms with E-state index < -0.39 is 0 Å². The van der Waals surface area contributed by atoms with Crippen molar-refractivity contribution in [1.82, 2.24) is 0 Å². The molecule has 0 spiro atoms. The molecular weight excluding hydrogens is 302 g/mol. The highest BCUT2D eigenvalue weighted by atomic mass is 79.9. The van der Waals surface area contributed by atoms with Crippen LogP contribution in [0.1, 0.15) is 51.0 Å². The maximum atomic E-state index is 5.25. The van der Waals surface area contributed by atoms with Crippen LogP contribution in [0.2, 0.25) is 0 Å². The maximum Gasteiger partial charge on any atom is 0.0744 e. The van der Waals surface area contributed by atoms with Gasteiger partial charge in [-0.05, 0) is 18.6 Å². The van der Waals surface area contributed by atoms with Gasteiger partial charge in [0.1, 0.15) is 0 Å². The minimum absolute atomic E-state index is 0.639. The van der Waals surface area contributed by atoms with E-state index >= 15 is 0 Å². The molecule has 108 valence electrons. The lowest BCUT2D eigenvalue weighted by atomic mass is 10.1. The fraction of sp³-hybridized carbons (Fsp3) is 0.625. The predicted molar refractivity (Wildman–Crippen MR) is 86.7 cm³/mol. The van der Waals surface area contributed by atoms with Crippen LogP contribution >= 0.6 is 15.9 Å². The zero-order chi connectivity index (χ0) is 13.9. The van der Waals surface area contributed by atoms with Gasteiger partial charge in [-0.2, -0.15) is 0 Å². The highest BCUT2D eigenvalue weighted by molar-refractivity contribution is 9.10. The van der Waals surface area contributed by atoms with Crippen molar-refractivity contribution in [1.29, 1.82) is 0 Å². The summed E-state index contributed by atoms with van der Waals surface area (Å²) in [5, 5.41) is 3.52. The van der Waals surface area contributed by atoms with Crippen LogP contribution in [-0.4, -0.2) is 13.7 Å². The molecule has 1 rings (SSSR count). The van der Waals surface area contributed by atoms with Gasteiger partial charge in [0, 0.05) is 29.4 Å². The SMILES string of the molecule is CCCCCCCCNc1cccc(Br)c1COC. The Kier molecular flexibility index (Phi) is 8.93. The summed E-state index contributed by atoms with van der Waals surface area (Å²) < 4.78 is 6.36. The fourth-order valence-electron chi connectivity index (χ4n) is 2.14. The van der Waals surface area contributed by atoms with Crippen LogP contribution in [0.3, 0.4) is 0 Å². The van der Waals surface area contributed by atoms with Crippen molar-refractivity contribution in [2.45, 2.75) is 52.1 Å². The third-order valence-electron chi connectivity index (χ3n) is 3.25. The molecular formula is C16H26BrNO. The maximum absolute atomic E-state index is 5.25. The summed E-state index contributed by atoms with van der Waals surface area (Å²) >= 11 is 3.58. The van der Waals surface area contributed by atoms with Gasteiger partial charge in [-0.3, -0.25) is 0 Å². The first-order chi connectivity index (χ1) is 9.29. The monoisotopic (exact) mass is 327 g/mol. The van der Waals surface area contributed by atoms with Crippen molar-refractivity contribution in [3.63, 3.8) is 0 Å². The van der Waals surface area contributed by atoms with E-state index in [0.29, 0.717) is 6.61 Å². The van der Waals surface area contributed by atoms with Gasteiger partial charge in [-0.1, -0.05) is 61.0 Å². The molecule has 0 aromatic heterocycles. The third kappa shape index (κ3) is 6.44. The number of benzene rings is 1. The Morgan fingerprint density at radius 1 is 1.11 bits per heavy atom. The molecule has 0 atom stereocenters. The van der Waals surface area contributed by atoms with Gasteiger partial charge in [0.25, 0.3) is 0 Å². The molecule has 0 bridgehead atoms. The molecule has 0 unspecified atom stereocenters. The molecule has 1 aromatic carbocycles. The van der Waals surface area contributed by atoms with E-state index in [4.69, 9.17) is 4.74 Å². The van der Waals surface area contributed by atoms with Crippen molar-refractivity contribution in [3.8, 4) is 0 Å². The molecule has 0 aliphatic rings. The lowest BCUT2D eigenvalue weighted by molar-refractivity contribution is 0.185. The van der Waals surface area contributed by atoms with E-state index in [1.54, 1.807) is 7.11 Å². The van der Waals surface area contributed by atoms with Crippen LogP contribution in [0.4, 0.5) is 5.69 Å². The molecule has 1 N–H and O–H groups in total. The van der Waals surface area contributed by atoms with Crippen molar-refractivity contribution >= 4 is 21.6 Å². The lowest BCUT2D eigenvalue weighted by Gasteiger charge is -2.13. The van der Waals surface area contributed by atoms with E-state index in [0.717, 1.165) is 11.0 Å². The minimum atomic E-state index is 0.639. The number of ether oxygens (including phenoxy) is 1. The van der Waals surface area contributed by atoms with Gasteiger partial charge < -0.3 is 10.1 Å². The minimum Gasteiger partial charge on any atom is -0.385 e. The number of methoxy groups -OCH3 is 1. The number of hydrogen-bond donors (Lipinski definition) is 1. The molecule has 19 heavy (non-hydrogen) atoms. The van der Waals surface area contributed by atoms with E-state index in [9.17, 15) is 0 Å². The molecule has 0 aliphatic carbocycles. The van der Waals surface area contributed by atoms with Gasteiger partial charge in [0.15, 0.2) is 0 Å². The van der Waals surface area contributed by atoms with Crippen LogP contribution in [0, 0.1) is 0 Å².